The SMILES string of the molecule is CC(C)NC1CN(c2ccc(OCC(C)(C)C)cn2)C1. The number of nitrogens with one attached hydrogen (secondary N) is 1. The molecule has 1 aromatic heterocycles. The summed E-state index contributed by atoms with van der Waals surface area (Å²) in [5, 5.41) is 3.53. The Hall–Kier alpha value is -1.29. The maximum absolute atomic E-state index is 5.74. The molecule has 4 heteroatoms. The lowest BCUT2D eigenvalue weighted by Gasteiger charge is -2.41. The maximum Gasteiger partial charge on any atom is 0.137 e. The molecule has 0 unspecified atom stereocenters. The van der Waals surface area contributed by atoms with Crippen LogP contribution in [0.15, 0.2) is 18.3 Å². The first-order valence-corrected chi connectivity index (χ1v) is 7.43. The number of anilines is 1. The molecule has 0 saturated carbocycles. The number of hydrogen-bond donors (Lipinski definition) is 1. The monoisotopic (exact) mass is 277 g/mol. The van der Waals surface area contributed by atoms with Gasteiger partial charge in [0.05, 0.1) is 12.8 Å². The lowest BCUT2D eigenvalue weighted by Crippen LogP contribution is -2.59. The van der Waals surface area contributed by atoms with Crippen LogP contribution in [-0.4, -0.2) is 36.8 Å². The van der Waals surface area contributed by atoms with Gasteiger partial charge in [-0.2, -0.15) is 0 Å². The summed E-state index contributed by atoms with van der Waals surface area (Å²) in [6.07, 6.45) is 1.82. The highest BCUT2D eigenvalue weighted by Gasteiger charge is 2.27. The van der Waals surface area contributed by atoms with Crippen molar-refractivity contribution in [3.05, 3.63) is 18.3 Å². The predicted octanol–water partition coefficient (Wildman–Crippen LogP) is 2.69. The molecule has 1 aromatic rings. The van der Waals surface area contributed by atoms with E-state index in [9.17, 15) is 0 Å². The van der Waals surface area contributed by atoms with Crippen LogP contribution in [-0.2, 0) is 0 Å². The molecule has 1 fully saturated rings. The molecular weight excluding hydrogens is 250 g/mol. The first-order valence-electron chi connectivity index (χ1n) is 7.43. The van der Waals surface area contributed by atoms with Crippen LogP contribution in [0.3, 0.4) is 0 Å². The van der Waals surface area contributed by atoms with Crippen LogP contribution in [0.5, 0.6) is 5.75 Å². The quantitative estimate of drug-likeness (QED) is 0.898. The molecule has 0 amide bonds. The molecule has 0 spiro atoms. The van der Waals surface area contributed by atoms with Gasteiger partial charge in [-0.25, -0.2) is 4.98 Å². The summed E-state index contributed by atoms with van der Waals surface area (Å²) in [6.45, 7) is 13.6. The molecular formula is C16H27N3O. The van der Waals surface area contributed by atoms with Crippen LogP contribution in [0.4, 0.5) is 5.82 Å². The summed E-state index contributed by atoms with van der Waals surface area (Å²) in [5.41, 5.74) is 0.173. The van der Waals surface area contributed by atoms with Crippen LogP contribution in [0.1, 0.15) is 34.6 Å². The molecule has 2 heterocycles. The van der Waals surface area contributed by atoms with Gasteiger partial charge in [-0.3, -0.25) is 0 Å². The van der Waals surface area contributed by atoms with E-state index in [1.165, 1.54) is 0 Å². The Labute approximate surface area is 122 Å². The fourth-order valence-electron chi connectivity index (χ4n) is 2.19. The minimum absolute atomic E-state index is 0.173. The largest absolute Gasteiger partial charge is 0.491 e. The van der Waals surface area contributed by atoms with Gasteiger partial charge in [0.2, 0.25) is 0 Å². The van der Waals surface area contributed by atoms with Crippen LogP contribution in [0, 0.1) is 5.41 Å². The van der Waals surface area contributed by atoms with E-state index in [1.54, 1.807) is 0 Å². The summed E-state index contributed by atoms with van der Waals surface area (Å²) >= 11 is 0. The Morgan fingerprint density at radius 3 is 2.55 bits per heavy atom. The fourth-order valence-corrected chi connectivity index (χ4v) is 2.19. The van der Waals surface area contributed by atoms with Crippen molar-refractivity contribution >= 4 is 5.82 Å². The molecule has 0 atom stereocenters. The molecule has 112 valence electrons. The summed E-state index contributed by atoms with van der Waals surface area (Å²) in [6, 6.07) is 5.19. The van der Waals surface area contributed by atoms with Gasteiger partial charge in [-0.15, -0.1) is 0 Å². The van der Waals surface area contributed by atoms with E-state index in [0.717, 1.165) is 24.7 Å². The molecule has 0 radical (unpaired) electrons. The second kappa shape index (κ2) is 6.00. The van der Waals surface area contributed by atoms with E-state index in [0.29, 0.717) is 18.7 Å². The van der Waals surface area contributed by atoms with Gasteiger partial charge >= 0.3 is 0 Å². The van der Waals surface area contributed by atoms with Gasteiger partial charge in [-0.1, -0.05) is 34.6 Å². The Balaban J connectivity index is 1.81. The van der Waals surface area contributed by atoms with E-state index >= 15 is 0 Å². The third kappa shape index (κ3) is 4.37. The molecule has 1 aliphatic rings. The molecule has 0 aliphatic carbocycles. The Morgan fingerprint density at radius 1 is 1.35 bits per heavy atom. The minimum Gasteiger partial charge on any atom is -0.491 e. The van der Waals surface area contributed by atoms with Gasteiger partial charge in [0.25, 0.3) is 0 Å². The van der Waals surface area contributed by atoms with E-state index in [-0.39, 0.29) is 5.41 Å². The number of hydrogen-bond acceptors (Lipinski definition) is 4. The van der Waals surface area contributed by atoms with Gasteiger partial charge in [0.15, 0.2) is 0 Å². The highest BCUT2D eigenvalue weighted by atomic mass is 16.5. The van der Waals surface area contributed by atoms with Gasteiger partial charge < -0.3 is 15.0 Å². The zero-order valence-electron chi connectivity index (χ0n) is 13.3. The summed E-state index contributed by atoms with van der Waals surface area (Å²) < 4.78 is 5.74. The van der Waals surface area contributed by atoms with Crippen molar-refractivity contribution in [2.75, 3.05) is 24.6 Å². The smallest absolute Gasteiger partial charge is 0.137 e. The van der Waals surface area contributed by atoms with E-state index in [4.69, 9.17) is 4.74 Å². The molecule has 2 rings (SSSR count). The molecule has 1 N–H and O–H groups in total. The van der Waals surface area contributed by atoms with Crippen molar-refractivity contribution in [1.82, 2.24) is 10.3 Å². The first kappa shape index (κ1) is 15.1. The number of pyridine rings is 1. The fraction of sp³-hybridized carbons (Fsp3) is 0.688. The lowest BCUT2D eigenvalue weighted by molar-refractivity contribution is 0.197. The topological polar surface area (TPSA) is 37.4 Å². The number of rotatable bonds is 5. The number of aromatic nitrogens is 1. The van der Waals surface area contributed by atoms with Crippen molar-refractivity contribution in [1.29, 1.82) is 0 Å². The highest BCUT2D eigenvalue weighted by Crippen LogP contribution is 2.22. The normalized spacial score (nSPS) is 16.4. The van der Waals surface area contributed by atoms with Crippen molar-refractivity contribution in [3.63, 3.8) is 0 Å². The summed E-state index contributed by atoms with van der Waals surface area (Å²) in [7, 11) is 0. The zero-order chi connectivity index (χ0) is 14.8. The van der Waals surface area contributed by atoms with Crippen LogP contribution in [0.25, 0.3) is 0 Å². The van der Waals surface area contributed by atoms with E-state index in [2.05, 4.69) is 49.8 Å². The van der Waals surface area contributed by atoms with E-state index in [1.807, 2.05) is 18.3 Å². The standard InChI is InChI=1S/C16H27N3O/c1-12(2)18-13-9-19(10-13)15-7-6-14(8-17-15)20-11-16(3,4)5/h6-8,12-13,18H,9-11H2,1-5H3. The van der Waals surface area contributed by atoms with Crippen LogP contribution >= 0.6 is 0 Å². The first-order chi connectivity index (χ1) is 9.33. The van der Waals surface area contributed by atoms with Crippen LogP contribution < -0.4 is 15.0 Å². The Morgan fingerprint density at radius 2 is 2.05 bits per heavy atom. The maximum atomic E-state index is 5.74. The number of nitrogens with zero attached hydrogens (tertiary/aromatic N) is 2. The van der Waals surface area contributed by atoms with Crippen LogP contribution in [0.2, 0.25) is 0 Å². The van der Waals surface area contributed by atoms with Gasteiger partial charge in [0.1, 0.15) is 11.6 Å². The van der Waals surface area contributed by atoms with Crippen molar-refractivity contribution in [2.45, 2.75) is 46.7 Å². The minimum atomic E-state index is 0.173. The molecule has 1 aliphatic heterocycles. The molecule has 1 saturated heterocycles. The Kier molecular flexibility index (Phi) is 4.53. The van der Waals surface area contributed by atoms with Crippen molar-refractivity contribution < 1.29 is 4.74 Å². The van der Waals surface area contributed by atoms with Crippen molar-refractivity contribution in [3.8, 4) is 5.75 Å². The van der Waals surface area contributed by atoms with E-state index < -0.39 is 0 Å². The average Bonchev–Trinajstić information content (AvgIpc) is 2.30. The molecule has 0 aromatic carbocycles. The second-order valence-electron chi connectivity index (χ2n) is 7.12. The molecule has 20 heavy (non-hydrogen) atoms. The third-order valence-electron chi connectivity index (χ3n) is 3.17. The predicted molar refractivity (Wildman–Crippen MR) is 83.5 cm³/mol. The third-order valence-corrected chi connectivity index (χ3v) is 3.17. The average molecular weight is 277 g/mol. The summed E-state index contributed by atoms with van der Waals surface area (Å²) in [4.78, 5) is 6.77. The van der Waals surface area contributed by atoms with Gasteiger partial charge in [-0.05, 0) is 17.5 Å². The molecule has 0 bridgehead atoms. The number of ether oxygens (including phenoxy) is 1. The Bertz CT molecular complexity index is 416. The lowest BCUT2D eigenvalue weighted by atomic mass is 9.99. The molecule has 4 nitrogen and oxygen atoms in total. The van der Waals surface area contributed by atoms with Gasteiger partial charge in [0, 0.05) is 25.2 Å². The second-order valence-corrected chi connectivity index (χ2v) is 7.12. The highest BCUT2D eigenvalue weighted by molar-refractivity contribution is 5.44. The van der Waals surface area contributed by atoms with Crippen molar-refractivity contribution in [2.24, 2.45) is 5.41 Å². The zero-order valence-corrected chi connectivity index (χ0v) is 13.3. The summed E-state index contributed by atoms with van der Waals surface area (Å²) in [5.74, 6) is 1.89.